The van der Waals surface area contributed by atoms with E-state index in [1.54, 1.807) is 7.11 Å². The maximum Gasteiger partial charge on any atom is 0.115 e. The zero-order chi connectivity index (χ0) is 11.4. The molecule has 1 aromatic carbocycles. The highest BCUT2D eigenvalue weighted by atomic mass is 16.6. The van der Waals surface area contributed by atoms with Crippen LogP contribution < -0.4 is 0 Å². The van der Waals surface area contributed by atoms with E-state index >= 15 is 0 Å². The fourth-order valence-corrected chi connectivity index (χ4v) is 1.84. The van der Waals surface area contributed by atoms with Gasteiger partial charge in [-0.2, -0.15) is 0 Å². The summed E-state index contributed by atoms with van der Waals surface area (Å²) in [7, 11) is 1.59. The first-order valence-corrected chi connectivity index (χ1v) is 5.37. The van der Waals surface area contributed by atoms with E-state index in [9.17, 15) is 5.11 Å². The standard InChI is InChI=1S/C13H16O3/c1-15-13-11(14)9-16-12(13)8-7-10-5-3-2-4-6-10/h2-8,11-14H,9H2,1H3/b8-7+. The third-order valence-electron chi connectivity index (χ3n) is 2.71. The van der Waals surface area contributed by atoms with Crippen LogP contribution in [0.1, 0.15) is 5.56 Å². The van der Waals surface area contributed by atoms with Crippen molar-refractivity contribution in [2.75, 3.05) is 13.7 Å². The normalized spacial score (nSPS) is 30.0. The van der Waals surface area contributed by atoms with Crippen LogP contribution in [0.2, 0.25) is 0 Å². The van der Waals surface area contributed by atoms with Crippen LogP contribution in [0.25, 0.3) is 6.08 Å². The van der Waals surface area contributed by atoms with Crippen molar-refractivity contribution in [2.24, 2.45) is 0 Å². The molecule has 1 aliphatic heterocycles. The van der Waals surface area contributed by atoms with Crippen LogP contribution in [0.3, 0.4) is 0 Å². The predicted octanol–water partition coefficient (Wildman–Crippen LogP) is 1.47. The summed E-state index contributed by atoms with van der Waals surface area (Å²) in [6, 6.07) is 9.98. The number of hydrogen-bond acceptors (Lipinski definition) is 3. The molecule has 0 amide bonds. The Hall–Kier alpha value is -1.16. The van der Waals surface area contributed by atoms with Gasteiger partial charge in [0.05, 0.1) is 6.61 Å². The second kappa shape index (κ2) is 5.25. The number of hydrogen-bond donors (Lipinski definition) is 1. The monoisotopic (exact) mass is 220 g/mol. The third-order valence-corrected chi connectivity index (χ3v) is 2.71. The Balaban J connectivity index is 2.02. The first kappa shape index (κ1) is 11.3. The molecule has 3 unspecified atom stereocenters. The van der Waals surface area contributed by atoms with Crippen molar-refractivity contribution >= 4 is 6.08 Å². The molecule has 1 saturated heterocycles. The van der Waals surface area contributed by atoms with E-state index in [1.165, 1.54) is 0 Å². The van der Waals surface area contributed by atoms with Gasteiger partial charge in [0.1, 0.15) is 18.3 Å². The van der Waals surface area contributed by atoms with E-state index in [2.05, 4.69) is 0 Å². The Morgan fingerprint density at radius 3 is 2.81 bits per heavy atom. The summed E-state index contributed by atoms with van der Waals surface area (Å²) < 4.78 is 10.6. The van der Waals surface area contributed by atoms with Crippen molar-refractivity contribution in [3.05, 3.63) is 42.0 Å². The summed E-state index contributed by atoms with van der Waals surface area (Å²) in [5, 5.41) is 9.57. The molecule has 86 valence electrons. The van der Waals surface area contributed by atoms with Crippen LogP contribution in [0.4, 0.5) is 0 Å². The van der Waals surface area contributed by atoms with Crippen molar-refractivity contribution in [1.82, 2.24) is 0 Å². The van der Waals surface area contributed by atoms with Gasteiger partial charge in [0.25, 0.3) is 0 Å². The van der Waals surface area contributed by atoms with Crippen LogP contribution in [0, 0.1) is 0 Å². The summed E-state index contributed by atoms with van der Waals surface area (Å²) in [6.45, 7) is 0.336. The second-order valence-electron chi connectivity index (χ2n) is 3.84. The Morgan fingerprint density at radius 1 is 1.38 bits per heavy atom. The average Bonchev–Trinajstić information content (AvgIpc) is 2.68. The molecule has 3 atom stereocenters. The largest absolute Gasteiger partial charge is 0.388 e. The highest BCUT2D eigenvalue weighted by Gasteiger charge is 2.34. The van der Waals surface area contributed by atoms with Crippen LogP contribution in [0.5, 0.6) is 0 Å². The Morgan fingerprint density at radius 2 is 2.12 bits per heavy atom. The van der Waals surface area contributed by atoms with Crippen LogP contribution in [-0.2, 0) is 9.47 Å². The van der Waals surface area contributed by atoms with Gasteiger partial charge in [0.15, 0.2) is 0 Å². The summed E-state index contributed by atoms with van der Waals surface area (Å²) in [4.78, 5) is 0. The molecule has 1 heterocycles. The average molecular weight is 220 g/mol. The van der Waals surface area contributed by atoms with Gasteiger partial charge in [0.2, 0.25) is 0 Å². The number of ether oxygens (including phenoxy) is 2. The molecule has 1 aliphatic rings. The summed E-state index contributed by atoms with van der Waals surface area (Å²) >= 11 is 0. The van der Waals surface area contributed by atoms with E-state index in [1.807, 2.05) is 42.5 Å². The first-order valence-electron chi connectivity index (χ1n) is 5.37. The lowest BCUT2D eigenvalue weighted by atomic mass is 10.1. The van der Waals surface area contributed by atoms with Crippen LogP contribution in [-0.4, -0.2) is 37.1 Å². The molecule has 3 nitrogen and oxygen atoms in total. The van der Waals surface area contributed by atoms with Crippen LogP contribution in [0.15, 0.2) is 36.4 Å². The molecule has 0 spiro atoms. The first-order chi connectivity index (χ1) is 7.81. The molecule has 1 N–H and O–H groups in total. The van der Waals surface area contributed by atoms with Crippen molar-refractivity contribution in [1.29, 1.82) is 0 Å². The molecule has 0 saturated carbocycles. The topological polar surface area (TPSA) is 38.7 Å². The Labute approximate surface area is 95.3 Å². The minimum atomic E-state index is -0.532. The summed E-state index contributed by atoms with van der Waals surface area (Å²) in [5.41, 5.74) is 1.11. The zero-order valence-electron chi connectivity index (χ0n) is 9.24. The van der Waals surface area contributed by atoms with E-state index in [0.717, 1.165) is 5.56 Å². The van der Waals surface area contributed by atoms with Gasteiger partial charge in [-0.3, -0.25) is 0 Å². The lowest BCUT2D eigenvalue weighted by Crippen LogP contribution is -2.30. The Bertz CT molecular complexity index is 347. The summed E-state index contributed by atoms with van der Waals surface area (Å²) in [6.07, 6.45) is 2.95. The van der Waals surface area contributed by atoms with Crippen molar-refractivity contribution in [3.63, 3.8) is 0 Å². The molecule has 2 rings (SSSR count). The lowest BCUT2D eigenvalue weighted by molar-refractivity contribution is 0.00503. The highest BCUT2D eigenvalue weighted by molar-refractivity contribution is 5.49. The number of methoxy groups -OCH3 is 1. The molecule has 0 aromatic heterocycles. The fraction of sp³-hybridized carbons (Fsp3) is 0.385. The highest BCUT2D eigenvalue weighted by Crippen LogP contribution is 2.19. The van der Waals surface area contributed by atoms with E-state index in [0.29, 0.717) is 6.61 Å². The number of rotatable bonds is 3. The summed E-state index contributed by atoms with van der Waals surface area (Å²) in [5.74, 6) is 0. The van der Waals surface area contributed by atoms with Gasteiger partial charge in [-0.15, -0.1) is 0 Å². The van der Waals surface area contributed by atoms with Crippen molar-refractivity contribution in [2.45, 2.75) is 18.3 Å². The second-order valence-corrected chi connectivity index (χ2v) is 3.84. The van der Waals surface area contributed by atoms with E-state index in [4.69, 9.17) is 9.47 Å². The molecule has 1 aromatic rings. The number of aliphatic hydroxyl groups excluding tert-OH is 1. The van der Waals surface area contributed by atoms with E-state index in [-0.39, 0.29) is 12.2 Å². The minimum absolute atomic E-state index is 0.166. The molecule has 0 bridgehead atoms. The maximum atomic E-state index is 9.57. The fourth-order valence-electron chi connectivity index (χ4n) is 1.84. The molecular formula is C13H16O3. The van der Waals surface area contributed by atoms with Crippen molar-refractivity contribution in [3.8, 4) is 0 Å². The molecular weight excluding hydrogens is 204 g/mol. The third kappa shape index (κ3) is 2.50. The quantitative estimate of drug-likeness (QED) is 0.838. The Kier molecular flexibility index (Phi) is 3.72. The SMILES string of the molecule is COC1C(O)COC1/C=C/c1ccccc1. The van der Waals surface area contributed by atoms with Crippen LogP contribution >= 0.6 is 0 Å². The van der Waals surface area contributed by atoms with Gasteiger partial charge < -0.3 is 14.6 Å². The van der Waals surface area contributed by atoms with Crippen molar-refractivity contribution < 1.29 is 14.6 Å². The minimum Gasteiger partial charge on any atom is -0.388 e. The maximum absolute atomic E-state index is 9.57. The number of benzene rings is 1. The molecule has 16 heavy (non-hydrogen) atoms. The predicted molar refractivity (Wildman–Crippen MR) is 62.0 cm³/mol. The lowest BCUT2D eigenvalue weighted by Gasteiger charge is -2.15. The van der Waals surface area contributed by atoms with Gasteiger partial charge in [-0.05, 0) is 5.56 Å². The number of aliphatic hydroxyl groups is 1. The molecule has 3 heteroatoms. The molecule has 0 aliphatic carbocycles. The van der Waals surface area contributed by atoms with Gasteiger partial charge >= 0.3 is 0 Å². The molecule has 0 radical (unpaired) electrons. The van der Waals surface area contributed by atoms with Gasteiger partial charge in [0, 0.05) is 7.11 Å². The van der Waals surface area contributed by atoms with Gasteiger partial charge in [-0.25, -0.2) is 0 Å². The van der Waals surface area contributed by atoms with E-state index < -0.39 is 6.10 Å². The molecule has 1 fully saturated rings. The smallest absolute Gasteiger partial charge is 0.115 e. The zero-order valence-corrected chi connectivity index (χ0v) is 9.24. The van der Waals surface area contributed by atoms with Gasteiger partial charge in [-0.1, -0.05) is 42.5 Å².